The van der Waals surface area contributed by atoms with Gasteiger partial charge in [0.05, 0.1) is 0 Å². The third kappa shape index (κ3) is 6.32. The van der Waals surface area contributed by atoms with Crippen LogP contribution in [-0.4, -0.2) is 50.6 Å². The fraction of sp³-hybridized carbons (Fsp3) is 0.333. The van der Waals surface area contributed by atoms with Gasteiger partial charge in [-0.15, -0.1) is 0 Å². The van der Waals surface area contributed by atoms with Gasteiger partial charge >= 0.3 is 0 Å². The van der Waals surface area contributed by atoms with Crippen molar-refractivity contribution in [1.29, 1.82) is 0 Å². The smallest absolute Gasteiger partial charge is 0.293 e. The Labute approximate surface area is 194 Å². The topological polar surface area (TPSA) is 73.7 Å². The Morgan fingerprint density at radius 2 is 1.29 bits per heavy atom. The van der Waals surface area contributed by atoms with Crippen molar-refractivity contribution in [3.8, 4) is 11.5 Å². The highest BCUT2D eigenvalue weighted by molar-refractivity contribution is 6.34. The highest BCUT2D eigenvalue weighted by Gasteiger charge is 2.25. The van der Waals surface area contributed by atoms with Crippen molar-refractivity contribution in [2.24, 2.45) is 9.98 Å². The summed E-state index contributed by atoms with van der Waals surface area (Å²) in [6.45, 7) is 3.44. The van der Waals surface area contributed by atoms with Crippen molar-refractivity contribution < 1.29 is 18.9 Å². The van der Waals surface area contributed by atoms with E-state index < -0.39 is 0 Å². The van der Waals surface area contributed by atoms with Gasteiger partial charge in [0.2, 0.25) is 0 Å². The van der Waals surface area contributed by atoms with E-state index in [-0.39, 0.29) is 12.1 Å². The van der Waals surface area contributed by atoms with E-state index >= 15 is 0 Å². The summed E-state index contributed by atoms with van der Waals surface area (Å²) < 4.78 is 22.6. The standard InChI is InChI=1S/C21H20Cl3N3O4/c1-12-2-13(22)5-18(3-12)28-8-16-10-30-20(25-16)27-21-26-17(11-31-21)9-29-19-6-14(23)4-15(24)7-19/h2-7,16-17H,8-11H2,1H3,(H,25,26,27). The molecule has 2 unspecified atom stereocenters. The van der Waals surface area contributed by atoms with Gasteiger partial charge in [-0.3, -0.25) is 5.32 Å². The van der Waals surface area contributed by atoms with Crippen molar-refractivity contribution >= 4 is 46.8 Å². The highest BCUT2D eigenvalue weighted by atomic mass is 35.5. The summed E-state index contributed by atoms with van der Waals surface area (Å²) in [5.41, 5.74) is 1.03. The molecule has 2 atom stereocenters. The van der Waals surface area contributed by atoms with Gasteiger partial charge in [-0.25, -0.2) is 9.98 Å². The molecule has 0 aromatic heterocycles. The number of hydrogen-bond donors (Lipinski definition) is 1. The lowest BCUT2D eigenvalue weighted by molar-refractivity contribution is 0.234. The minimum Gasteiger partial charge on any atom is -0.491 e. The molecule has 7 nitrogen and oxygen atoms in total. The van der Waals surface area contributed by atoms with Crippen LogP contribution in [0.5, 0.6) is 11.5 Å². The summed E-state index contributed by atoms with van der Waals surface area (Å²) in [4.78, 5) is 8.89. The van der Waals surface area contributed by atoms with E-state index in [4.69, 9.17) is 53.8 Å². The maximum atomic E-state index is 6.06. The number of nitrogens with zero attached hydrogens (tertiary/aromatic N) is 2. The number of nitrogens with one attached hydrogen (secondary N) is 1. The molecule has 0 aliphatic carbocycles. The van der Waals surface area contributed by atoms with Gasteiger partial charge < -0.3 is 18.9 Å². The van der Waals surface area contributed by atoms with Gasteiger partial charge in [-0.05, 0) is 48.9 Å². The Morgan fingerprint density at radius 1 is 0.806 bits per heavy atom. The largest absolute Gasteiger partial charge is 0.491 e. The number of rotatable bonds is 6. The zero-order valence-corrected chi connectivity index (χ0v) is 18.9. The van der Waals surface area contributed by atoms with Gasteiger partial charge in [0.25, 0.3) is 12.0 Å². The van der Waals surface area contributed by atoms with E-state index in [1.807, 2.05) is 19.1 Å². The molecule has 10 heteroatoms. The Hall–Kier alpha value is -2.35. The van der Waals surface area contributed by atoms with Crippen LogP contribution in [0.25, 0.3) is 0 Å². The summed E-state index contributed by atoms with van der Waals surface area (Å²) in [5, 5.41) is 4.61. The van der Waals surface area contributed by atoms with Crippen molar-refractivity contribution in [2.75, 3.05) is 26.4 Å². The zero-order chi connectivity index (χ0) is 21.8. The predicted molar refractivity (Wildman–Crippen MR) is 121 cm³/mol. The first-order chi connectivity index (χ1) is 14.9. The molecule has 2 aliphatic rings. The van der Waals surface area contributed by atoms with Crippen LogP contribution in [0.4, 0.5) is 0 Å². The van der Waals surface area contributed by atoms with Crippen molar-refractivity contribution in [3.05, 3.63) is 57.0 Å². The van der Waals surface area contributed by atoms with Crippen molar-refractivity contribution in [3.63, 3.8) is 0 Å². The molecule has 0 spiro atoms. The summed E-state index contributed by atoms with van der Waals surface area (Å²) in [6.07, 6.45) is 0. The lowest BCUT2D eigenvalue weighted by Gasteiger charge is -2.09. The number of aryl methyl sites for hydroxylation is 1. The molecule has 0 saturated carbocycles. The molecule has 0 radical (unpaired) electrons. The maximum absolute atomic E-state index is 6.06. The number of halogens is 3. The second kappa shape index (κ2) is 9.85. The molecule has 0 fully saturated rings. The highest BCUT2D eigenvalue weighted by Crippen LogP contribution is 2.25. The predicted octanol–water partition coefficient (Wildman–Crippen LogP) is 4.51. The first-order valence-electron chi connectivity index (χ1n) is 9.60. The first kappa shape index (κ1) is 21.9. The quantitative estimate of drug-likeness (QED) is 0.653. The molecule has 2 aliphatic heterocycles. The first-order valence-corrected chi connectivity index (χ1v) is 10.7. The van der Waals surface area contributed by atoms with E-state index in [1.165, 1.54) is 0 Å². The maximum Gasteiger partial charge on any atom is 0.293 e. The molecule has 2 heterocycles. The fourth-order valence-electron chi connectivity index (χ4n) is 3.01. The van der Waals surface area contributed by atoms with Gasteiger partial charge in [-0.1, -0.05) is 34.8 Å². The normalized spacial score (nSPS) is 19.9. The van der Waals surface area contributed by atoms with E-state index in [9.17, 15) is 0 Å². The van der Waals surface area contributed by atoms with Crippen LogP contribution < -0.4 is 14.8 Å². The van der Waals surface area contributed by atoms with Crippen molar-refractivity contribution in [1.82, 2.24) is 5.32 Å². The average molecular weight is 485 g/mol. The number of benzene rings is 2. The zero-order valence-electron chi connectivity index (χ0n) is 16.6. The lowest BCUT2D eigenvalue weighted by Crippen LogP contribution is -2.30. The third-order valence-corrected chi connectivity index (χ3v) is 5.03. The molecule has 31 heavy (non-hydrogen) atoms. The van der Waals surface area contributed by atoms with Gasteiger partial charge in [-0.2, -0.15) is 0 Å². The van der Waals surface area contributed by atoms with Crippen LogP contribution in [0.1, 0.15) is 5.56 Å². The molecular weight excluding hydrogens is 465 g/mol. The van der Waals surface area contributed by atoms with E-state index in [2.05, 4.69) is 15.3 Å². The minimum absolute atomic E-state index is 0.143. The molecule has 0 bridgehead atoms. The second-order valence-corrected chi connectivity index (χ2v) is 8.42. The monoisotopic (exact) mass is 483 g/mol. The Bertz CT molecular complexity index is 895. The van der Waals surface area contributed by atoms with E-state index in [1.54, 1.807) is 24.3 Å². The van der Waals surface area contributed by atoms with Crippen LogP contribution in [-0.2, 0) is 9.47 Å². The molecule has 2 aromatic rings. The number of hydrogen-bond acceptors (Lipinski definition) is 7. The Morgan fingerprint density at radius 3 is 1.81 bits per heavy atom. The summed E-state index contributed by atoms with van der Waals surface area (Å²) >= 11 is 18.0. The van der Waals surface area contributed by atoms with Crippen LogP contribution in [0.15, 0.2) is 46.4 Å². The average Bonchev–Trinajstić information content (AvgIpc) is 3.33. The van der Waals surface area contributed by atoms with Gasteiger partial charge in [0.15, 0.2) is 0 Å². The van der Waals surface area contributed by atoms with Crippen LogP contribution in [0.2, 0.25) is 15.1 Å². The Kier molecular flexibility index (Phi) is 6.95. The third-order valence-electron chi connectivity index (χ3n) is 4.37. The molecule has 4 rings (SSSR count). The molecule has 0 amide bonds. The lowest BCUT2D eigenvalue weighted by atomic mass is 10.2. The second-order valence-electron chi connectivity index (χ2n) is 7.11. The van der Waals surface area contributed by atoms with Crippen molar-refractivity contribution in [2.45, 2.75) is 19.0 Å². The SMILES string of the molecule is Cc1cc(Cl)cc(OCC2COC(NC3=NC(COc4cc(Cl)cc(Cl)c4)CO3)=N2)c1. The molecule has 0 saturated heterocycles. The van der Waals surface area contributed by atoms with Gasteiger partial charge in [0, 0.05) is 15.1 Å². The Balaban J connectivity index is 1.25. The fourth-order valence-corrected chi connectivity index (χ4v) is 3.80. The summed E-state index contributed by atoms with van der Waals surface area (Å²) in [7, 11) is 0. The molecule has 2 aromatic carbocycles. The number of amidine groups is 2. The minimum atomic E-state index is -0.174. The molecule has 164 valence electrons. The number of ether oxygens (including phenoxy) is 4. The van der Waals surface area contributed by atoms with Crippen LogP contribution in [0, 0.1) is 6.92 Å². The van der Waals surface area contributed by atoms with E-state index in [0.29, 0.717) is 65.0 Å². The number of aliphatic imine (C=N–C) groups is 2. The molecule has 1 N–H and O–H groups in total. The van der Waals surface area contributed by atoms with E-state index in [0.717, 1.165) is 5.56 Å². The van der Waals surface area contributed by atoms with Gasteiger partial charge in [0.1, 0.15) is 50.0 Å². The summed E-state index contributed by atoms with van der Waals surface area (Å²) in [5.74, 6) is 1.28. The summed E-state index contributed by atoms with van der Waals surface area (Å²) in [6, 6.07) is 11.0. The van der Waals surface area contributed by atoms with Crippen LogP contribution >= 0.6 is 34.8 Å². The molecular formula is C21H20Cl3N3O4. The van der Waals surface area contributed by atoms with Crippen LogP contribution in [0.3, 0.4) is 0 Å².